The molecule has 4 rings (SSSR count). The van der Waals surface area contributed by atoms with Gasteiger partial charge in [-0.1, -0.05) is 30.0 Å². The highest BCUT2D eigenvalue weighted by Crippen LogP contribution is 2.26. The van der Waals surface area contributed by atoms with Gasteiger partial charge in [0.15, 0.2) is 11.0 Å². The van der Waals surface area contributed by atoms with Gasteiger partial charge in [-0.05, 0) is 61.1 Å². The van der Waals surface area contributed by atoms with E-state index in [0.29, 0.717) is 29.0 Å². The SMILES string of the molecule is COc1ccccc1NC(=O)CSc1nnc(COc2ccc3c(c2)CCCC3)n1C. The molecule has 2 aromatic carbocycles. The fourth-order valence-electron chi connectivity index (χ4n) is 3.61. The second-order valence-corrected chi connectivity index (χ2v) is 8.36. The molecule has 0 spiro atoms. The van der Waals surface area contributed by atoms with Crippen molar-refractivity contribution in [2.24, 2.45) is 7.05 Å². The van der Waals surface area contributed by atoms with Crippen LogP contribution in [0.1, 0.15) is 29.8 Å². The number of aryl methyl sites for hydroxylation is 2. The molecule has 0 atom stereocenters. The van der Waals surface area contributed by atoms with Crippen molar-refractivity contribution in [2.75, 3.05) is 18.2 Å². The maximum Gasteiger partial charge on any atom is 0.234 e. The number of thioether (sulfide) groups is 1. The van der Waals surface area contributed by atoms with E-state index in [1.54, 1.807) is 19.2 Å². The van der Waals surface area contributed by atoms with Crippen LogP contribution < -0.4 is 14.8 Å². The van der Waals surface area contributed by atoms with Crippen LogP contribution in [0.3, 0.4) is 0 Å². The quantitative estimate of drug-likeness (QED) is 0.536. The summed E-state index contributed by atoms with van der Waals surface area (Å²) >= 11 is 1.33. The van der Waals surface area contributed by atoms with E-state index in [1.165, 1.54) is 35.7 Å². The highest BCUT2D eigenvalue weighted by atomic mass is 32.2. The molecular formula is C23H26N4O3S. The van der Waals surface area contributed by atoms with Crippen molar-refractivity contribution in [3.8, 4) is 11.5 Å². The highest BCUT2D eigenvalue weighted by Gasteiger charge is 2.14. The van der Waals surface area contributed by atoms with Crippen LogP contribution in [-0.4, -0.2) is 33.5 Å². The second kappa shape index (κ2) is 9.87. The van der Waals surface area contributed by atoms with Crippen molar-refractivity contribution < 1.29 is 14.3 Å². The third kappa shape index (κ3) is 5.19. The average molecular weight is 439 g/mol. The number of amides is 1. The van der Waals surface area contributed by atoms with Crippen molar-refractivity contribution in [3.05, 3.63) is 59.4 Å². The van der Waals surface area contributed by atoms with E-state index in [2.05, 4.69) is 27.6 Å². The molecule has 0 fully saturated rings. The Bertz CT molecular complexity index is 1070. The molecule has 31 heavy (non-hydrogen) atoms. The molecule has 0 bridgehead atoms. The Balaban J connectivity index is 1.31. The van der Waals surface area contributed by atoms with Crippen LogP contribution in [-0.2, 0) is 31.3 Å². The molecule has 1 aromatic heterocycles. The summed E-state index contributed by atoms with van der Waals surface area (Å²) < 4.78 is 13.1. The van der Waals surface area contributed by atoms with Crippen molar-refractivity contribution in [1.29, 1.82) is 0 Å². The van der Waals surface area contributed by atoms with Gasteiger partial charge in [0, 0.05) is 7.05 Å². The number of carbonyl (C=O) groups excluding carboxylic acids is 1. The van der Waals surface area contributed by atoms with E-state index < -0.39 is 0 Å². The number of fused-ring (bicyclic) bond motifs is 1. The van der Waals surface area contributed by atoms with Gasteiger partial charge < -0.3 is 19.4 Å². The summed E-state index contributed by atoms with van der Waals surface area (Å²) in [6.07, 6.45) is 4.78. The van der Waals surface area contributed by atoms with Crippen LogP contribution in [0.5, 0.6) is 11.5 Å². The third-order valence-corrected chi connectivity index (χ3v) is 6.35. The number of ether oxygens (including phenoxy) is 2. The van der Waals surface area contributed by atoms with Gasteiger partial charge in [0.2, 0.25) is 5.91 Å². The van der Waals surface area contributed by atoms with E-state index in [9.17, 15) is 4.79 Å². The molecule has 0 aliphatic heterocycles. The smallest absolute Gasteiger partial charge is 0.234 e. The number of aromatic nitrogens is 3. The lowest BCUT2D eigenvalue weighted by molar-refractivity contribution is -0.113. The molecule has 0 saturated carbocycles. The number of rotatable bonds is 8. The van der Waals surface area contributed by atoms with Gasteiger partial charge in [-0.25, -0.2) is 0 Å². The zero-order valence-corrected chi connectivity index (χ0v) is 18.6. The third-order valence-electron chi connectivity index (χ3n) is 5.33. The lowest BCUT2D eigenvalue weighted by atomic mass is 9.92. The average Bonchev–Trinajstić information content (AvgIpc) is 3.15. The largest absolute Gasteiger partial charge is 0.495 e. The minimum Gasteiger partial charge on any atom is -0.495 e. The number of hydrogen-bond acceptors (Lipinski definition) is 6. The first-order valence-electron chi connectivity index (χ1n) is 10.3. The van der Waals surface area contributed by atoms with Gasteiger partial charge in [0.1, 0.15) is 18.1 Å². The van der Waals surface area contributed by atoms with E-state index in [-0.39, 0.29) is 11.7 Å². The molecule has 162 valence electrons. The van der Waals surface area contributed by atoms with E-state index in [4.69, 9.17) is 9.47 Å². The van der Waals surface area contributed by atoms with E-state index >= 15 is 0 Å². The molecular weight excluding hydrogens is 412 g/mol. The number of methoxy groups -OCH3 is 1. The molecule has 3 aromatic rings. The summed E-state index contributed by atoms with van der Waals surface area (Å²) in [4.78, 5) is 12.3. The lowest BCUT2D eigenvalue weighted by Gasteiger charge is -2.16. The zero-order chi connectivity index (χ0) is 21.6. The van der Waals surface area contributed by atoms with Crippen LogP contribution in [0.15, 0.2) is 47.6 Å². The van der Waals surface area contributed by atoms with Crippen LogP contribution >= 0.6 is 11.8 Å². The fourth-order valence-corrected chi connectivity index (χ4v) is 4.34. The topological polar surface area (TPSA) is 78.3 Å². The number of carbonyl (C=O) groups is 1. The molecule has 0 radical (unpaired) electrons. The minimum absolute atomic E-state index is 0.135. The summed E-state index contributed by atoms with van der Waals surface area (Å²) in [7, 11) is 3.46. The predicted octanol–water partition coefficient (Wildman–Crippen LogP) is 4.01. The minimum atomic E-state index is -0.135. The van der Waals surface area contributed by atoms with Gasteiger partial charge in [0.05, 0.1) is 18.6 Å². The van der Waals surface area contributed by atoms with Gasteiger partial charge in [-0.3, -0.25) is 4.79 Å². The number of hydrogen-bond donors (Lipinski definition) is 1. The molecule has 7 nitrogen and oxygen atoms in total. The van der Waals surface area contributed by atoms with Gasteiger partial charge in [0.25, 0.3) is 0 Å². The second-order valence-electron chi connectivity index (χ2n) is 7.42. The first-order chi connectivity index (χ1) is 15.1. The highest BCUT2D eigenvalue weighted by molar-refractivity contribution is 7.99. The Hall–Kier alpha value is -3.00. The zero-order valence-electron chi connectivity index (χ0n) is 17.8. The Morgan fingerprint density at radius 1 is 1.13 bits per heavy atom. The Morgan fingerprint density at radius 2 is 1.94 bits per heavy atom. The van der Waals surface area contributed by atoms with Crippen molar-refractivity contribution in [1.82, 2.24) is 14.8 Å². The maximum absolute atomic E-state index is 12.3. The summed E-state index contributed by atoms with van der Waals surface area (Å²) in [5, 5.41) is 12.0. The Labute approximate surface area is 186 Å². The van der Waals surface area contributed by atoms with Crippen molar-refractivity contribution >= 4 is 23.4 Å². The monoisotopic (exact) mass is 438 g/mol. The van der Waals surface area contributed by atoms with Crippen LogP contribution in [0.4, 0.5) is 5.69 Å². The molecule has 8 heteroatoms. The molecule has 1 amide bonds. The number of benzene rings is 2. The summed E-state index contributed by atoms with van der Waals surface area (Å²) in [5.41, 5.74) is 3.47. The molecule has 1 aliphatic carbocycles. The van der Waals surface area contributed by atoms with E-state index in [0.717, 1.165) is 18.6 Å². The van der Waals surface area contributed by atoms with Crippen molar-refractivity contribution in [2.45, 2.75) is 37.4 Å². The van der Waals surface area contributed by atoms with Gasteiger partial charge in [-0.15, -0.1) is 10.2 Å². The van der Waals surface area contributed by atoms with Crippen LogP contribution in [0.25, 0.3) is 0 Å². The standard InChI is InChI=1S/C23H26N4O3S/c1-27-21(14-30-18-12-11-16-7-3-4-8-17(16)13-18)25-26-23(27)31-15-22(28)24-19-9-5-6-10-20(19)29-2/h5-6,9-13H,3-4,7-8,14-15H2,1-2H3,(H,24,28). The number of nitrogens with one attached hydrogen (secondary N) is 1. The summed E-state index contributed by atoms with van der Waals surface area (Å²) in [6.45, 7) is 0.330. The number of nitrogens with zero attached hydrogens (tertiary/aromatic N) is 3. The Kier molecular flexibility index (Phi) is 6.76. The molecule has 1 heterocycles. The Morgan fingerprint density at radius 3 is 2.77 bits per heavy atom. The predicted molar refractivity (Wildman–Crippen MR) is 121 cm³/mol. The molecule has 1 aliphatic rings. The normalized spacial score (nSPS) is 12.8. The van der Waals surface area contributed by atoms with Crippen molar-refractivity contribution in [3.63, 3.8) is 0 Å². The molecule has 0 unspecified atom stereocenters. The maximum atomic E-state index is 12.3. The summed E-state index contributed by atoms with van der Waals surface area (Å²) in [6, 6.07) is 13.7. The number of para-hydroxylation sites is 2. The van der Waals surface area contributed by atoms with Crippen LogP contribution in [0.2, 0.25) is 0 Å². The van der Waals surface area contributed by atoms with Gasteiger partial charge in [-0.2, -0.15) is 0 Å². The summed E-state index contributed by atoms with van der Waals surface area (Å²) in [5.74, 6) is 2.28. The first kappa shape index (κ1) is 21.2. The van der Waals surface area contributed by atoms with E-state index in [1.807, 2.05) is 29.8 Å². The lowest BCUT2D eigenvalue weighted by Crippen LogP contribution is -2.15. The van der Waals surface area contributed by atoms with Crippen LogP contribution in [0, 0.1) is 0 Å². The molecule has 1 N–H and O–H groups in total. The van der Waals surface area contributed by atoms with Gasteiger partial charge >= 0.3 is 0 Å². The number of anilines is 1. The fraction of sp³-hybridized carbons (Fsp3) is 0.348. The first-order valence-corrected chi connectivity index (χ1v) is 11.3. The molecule has 0 saturated heterocycles.